The first kappa shape index (κ1) is 13.9. The molecule has 100 valence electrons. The zero-order valence-corrected chi connectivity index (χ0v) is 9.25. The van der Waals surface area contributed by atoms with Crippen LogP contribution in [0.5, 0.6) is 0 Å². The minimum Gasteiger partial charge on any atom is -0.481 e. The van der Waals surface area contributed by atoms with E-state index in [1.54, 1.807) is 0 Å². The molecular formula is C10H12O8. The van der Waals surface area contributed by atoms with Gasteiger partial charge in [-0.1, -0.05) is 6.42 Å². The topological polar surface area (TPSA) is 149 Å². The van der Waals surface area contributed by atoms with Crippen molar-refractivity contribution in [1.82, 2.24) is 0 Å². The van der Waals surface area contributed by atoms with Gasteiger partial charge in [-0.15, -0.1) is 0 Å². The van der Waals surface area contributed by atoms with E-state index in [4.69, 9.17) is 20.4 Å². The van der Waals surface area contributed by atoms with E-state index in [1.807, 2.05) is 0 Å². The molecule has 0 radical (unpaired) electrons. The zero-order valence-electron chi connectivity index (χ0n) is 9.25. The smallest absolute Gasteiger partial charge is 0.322 e. The van der Waals surface area contributed by atoms with Gasteiger partial charge in [-0.2, -0.15) is 0 Å². The highest BCUT2D eigenvalue weighted by Crippen LogP contribution is 2.55. The lowest BCUT2D eigenvalue weighted by Gasteiger charge is -2.35. The highest BCUT2D eigenvalue weighted by molar-refractivity contribution is 6.05. The van der Waals surface area contributed by atoms with Crippen LogP contribution in [0.1, 0.15) is 25.7 Å². The second-order valence-corrected chi connectivity index (χ2v) is 4.33. The molecule has 0 aliphatic heterocycles. The van der Waals surface area contributed by atoms with Crippen molar-refractivity contribution in [3.63, 3.8) is 0 Å². The fourth-order valence-electron chi connectivity index (χ4n) is 2.69. The third-order valence-corrected chi connectivity index (χ3v) is 3.56. The van der Waals surface area contributed by atoms with Gasteiger partial charge < -0.3 is 20.4 Å². The van der Waals surface area contributed by atoms with E-state index >= 15 is 0 Å². The summed E-state index contributed by atoms with van der Waals surface area (Å²) in [5, 5.41) is 36.1. The number of carboxylic acids is 4. The number of carbonyl (C=O) groups is 4. The molecule has 0 heterocycles. The van der Waals surface area contributed by atoms with Crippen molar-refractivity contribution in [2.24, 2.45) is 10.8 Å². The maximum atomic E-state index is 11.3. The molecule has 1 unspecified atom stereocenters. The molecule has 0 aromatic rings. The quantitative estimate of drug-likeness (QED) is 0.499. The van der Waals surface area contributed by atoms with Crippen LogP contribution >= 0.6 is 0 Å². The maximum Gasteiger partial charge on any atom is 0.322 e. The Hall–Kier alpha value is -2.12. The van der Waals surface area contributed by atoms with Gasteiger partial charge in [0.25, 0.3) is 0 Å². The maximum absolute atomic E-state index is 11.3. The van der Waals surface area contributed by atoms with Gasteiger partial charge in [-0.05, 0) is 12.8 Å². The first-order valence-corrected chi connectivity index (χ1v) is 5.13. The van der Waals surface area contributed by atoms with Crippen LogP contribution in [0.2, 0.25) is 0 Å². The Morgan fingerprint density at radius 1 is 0.833 bits per heavy atom. The van der Waals surface area contributed by atoms with Crippen LogP contribution in [0, 0.1) is 10.8 Å². The first-order chi connectivity index (χ1) is 8.20. The molecule has 1 rings (SSSR count). The summed E-state index contributed by atoms with van der Waals surface area (Å²) < 4.78 is 0. The molecule has 18 heavy (non-hydrogen) atoms. The lowest BCUT2D eigenvalue weighted by atomic mass is 9.63. The molecule has 0 aromatic carbocycles. The molecule has 0 amide bonds. The van der Waals surface area contributed by atoms with Crippen LogP contribution in [0.4, 0.5) is 0 Å². The van der Waals surface area contributed by atoms with Gasteiger partial charge in [0.1, 0.15) is 5.41 Å². The molecule has 0 saturated heterocycles. The lowest BCUT2D eigenvalue weighted by Crippen LogP contribution is -2.54. The van der Waals surface area contributed by atoms with Gasteiger partial charge in [0.2, 0.25) is 0 Å². The lowest BCUT2D eigenvalue weighted by molar-refractivity contribution is -0.185. The molecule has 1 saturated carbocycles. The van der Waals surface area contributed by atoms with Crippen LogP contribution in [-0.4, -0.2) is 44.3 Å². The molecule has 4 N–H and O–H groups in total. The van der Waals surface area contributed by atoms with Crippen molar-refractivity contribution in [3.05, 3.63) is 0 Å². The third-order valence-electron chi connectivity index (χ3n) is 3.56. The standard InChI is InChI=1S/C10H12O8/c11-5(12)4-9(6(13)14)2-1-3-10(9,7(15)16)8(17)18/h1-4H2,(H,11,12)(H,13,14)(H,15,16)(H,17,18). The Morgan fingerprint density at radius 2 is 1.33 bits per heavy atom. The summed E-state index contributed by atoms with van der Waals surface area (Å²) in [6, 6.07) is 0. The third kappa shape index (κ3) is 1.60. The summed E-state index contributed by atoms with van der Waals surface area (Å²) in [5.74, 6) is -6.86. The van der Waals surface area contributed by atoms with Crippen LogP contribution < -0.4 is 0 Å². The average molecular weight is 260 g/mol. The second kappa shape index (κ2) is 4.28. The summed E-state index contributed by atoms with van der Waals surface area (Å²) >= 11 is 0. The number of carboxylic acid groups (broad SMARTS) is 4. The highest BCUT2D eigenvalue weighted by atomic mass is 16.4. The Labute approximate surface area is 101 Å². The van der Waals surface area contributed by atoms with Gasteiger partial charge in [0, 0.05) is 0 Å². The van der Waals surface area contributed by atoms with Crippen molar-refractivity contribution in [2.45, 2.75) is 25.7 Å². The normalized spacial score (nSPS) is 25.6. The predicted octanol–water partition coefficient (Wildman–Crippen LogP) is -0.128. The molecule has 1 atom stereocenters. The van der Waals surface area contributed by atoms with E-state index in [1.165, 1.54) is 0 Å². The van der Waals surface area contributed by atoms with E-state index in [2.05, 4.69) is 0 Å². The second-order valence-electron chi connectivity index (χ2n) is 4.33. The van der Waals surface area contributed by atoms with Crippen molar-refractivity contribution in [1.29, 1.82) is 0 Å². The van der Waals surface area contributed by atoms with Gasteiger partial charge in [0.05, 0.1) is 6.42 Å². The largest absolute Gasteiger partial charge is 0.481 e. The summed E-state index contributed by atoms with van der Waals surface area (Å²) in [6.07, 6.45) is -1.66. The Bertz CT molecular complexity index is 412. The minimum atomic E-state index is -2.59. The first-order valence-electron chi connectivity index (χ1n) is 5.13. The predicted molar refractivity (Wildman–Crippen MR) is 53.9 cm³/mol. The molecule has 8 nitrogen and oxygen atoms in total. The SMILES string of the molecule is O=C(O)CC1(C(=O)O)CCCC1(C(=O)O)C(=O)O. The fourth-order valence-corrected chi connectivity index (χ4v) is 2.69. The zero-order chi connectivity index (χ0) is 14.1. The van der Waals surface area contributed by atoms with Gasteiger partial charge in [-0.3, -0.25) is 19.2 Å². The van der Waals surface area contributed by atoms with Gasteiger partial charge in [0.15, 0.2) is 5.41 Å². The van der Waals surface area contributed by atoms with E-state index in [0.29, 0.717) is 0 Å². The summed E-state index contributed by atoms with van der Waals surface area (Å²) in [7, 11) is 0. The number of rotatable bonds is 5. The van der Waals surface area contributed by atoms with Crippen LogP contribution in [0.15, 0.2) is 0 Å². The fraction of sp³-hybridized carbons (Fsp3) is 0.600. The number of aliphatic carboxylic acids is 4. The van der Waals surface area contributed by atoms with Crippen LogP contribution in [-0.2, 0) is 19.2 Å². The highest BCUT2D eigenvalue weighted by Gasteiger charge is 2.69. The van der Waals surface area contributed by atoms with E-state index in [9.17, 15) is 19.2 Å². The molecular weight excluding hydrogens is 248 g/mol. The summed E-state index contributed by atoms with van der Waals surface area (Å²) in [4.78, 5) is 44.5. The Balaban J connectivity index is 3.47. The monoisotopic (exact) mass is 260 g/mol. The molecule has 0 aromatic heterocycles. The van der Waals surface area contributed by atoms with E-state index < -0.39 is 47.5 Å². The Kier molecular flexibility index (Phi) is 3.32. The average Bonchev–Trinajstić information content (AvgIpc) is 2.57. The molecule has 1 fully saturated rings. The van der Waals surface area contributed by atoms with Crippen LogP contribution in [0.25, 0.3) is 0 Å². The Morgan fingerprint density at radius 3 is 1.67 bits per heavy atom. The van der Waals surface area contributed by atoms with Gasteiger partial charge in [-0.25, -0.2) is 0 Å². The van der Waals surface area contributed by atoms with Crippen molar-refractivity contribution in [3.8, 4) is 0 Å². The molecule has 1 aliphatic carbocycles. The molecule has 1 aliphatic rings. The number of hydrogen-bond acceptors (Lipinski definition) is 4. The minimum absolute atomic E-state index is 0.0399. The molecule has 8 heteroatoms. The van der Waals surface area contributed by atoms with Crippen molar-refractivity contribution in [2.75, 3.05) is 0 Å². The van der Waals surface area contributed by atoms with E-state index in [-0.39, 0.29) is 12.8 Å². The summed E-state index contributed by atoms with van der Waals surface area (Å²) in [6.45, 7) is 0. The van der Waals surface area contributed by atoms with Crippen molar-refractivity contribution >= 4 is 23.9 Å². The van der Waals surface area contributed by atoms with Gasteiger partial charge >= 0.3 is 23.9 Å². The molecule has 0 bridgehead atoms. The van der Waals surface area contributed by atoms with Crippen LogP contribution in [0.3, 0.4) is 0 Å². The van der Waals surface area contributed by atoms with E-state index in [0.717, 1.165) is 0 Å². The number of hydrogen-bond donors (Lipinski definition) is 4. The van der Waals surface area contributed by atoms with Crippen molar-refractivity contribution < 1.29 is 39.6 Å². The summed E-state index contributed by atoms with van der Waals surface area (Å²) in [5.41, 5.74) is -4.90. The molecule has 0 spiro atoms.